The van der Waals surface area contributed by atoms with E-state index in [4.69, 9.17) is 5.11 Å². The van der Waals surface area contributed by atoms with Crippen LogP contribution >= 0.6 is 9.24 Å². The maximum atomic E-state index is 14.4. The van der Waals surface area contributed by atoms with Gasteiger partial charge >= 0.3 is 5.97 Å². The fourth-order valence-electron chi connectivity index (χ4n) is 3.16. The Bertz CT molecular complexity index is 1160. The van der Waals surface area contributed by atoms with Crippen LogP contribution in [0.5, 0.6) is 0 Å². The van der Waals surface area contributed by atoms with Gasteiger partial charge in [0.2, 0.25) is 0 Å². The van der Waals surface area contributed by atoms with Crippen LogP contribution in [0.4, 0.5) is 4.39 Å². The summed E-state index contributed by atoms with van der Waals surface area (Å²) in [6, 6.07) is 8.31. The smallest absolute Gasteiger partial charge is 0.328 e. The Balaban J connectivity index is 2.38. The molecule has 0 radical (unpaired) electrons. The van der Waals surface area contributed by atoms with Crippen molar-refractivity contribution in [3.63, 3.8) is 0 Å². The number of hydrogen-bond donors (Lipinski definition) is 1. The van der Waals surface area contributed by atoms with Crippen molar-refractivity contribution in [3.05, 3.63) is 75.1 Å². The Morgan fingerprint density at radius 3 is 2.43 bits per heavy atom. The van der Waals surface area contributed by atoms with Gasteiger partial charge in [0, 0.05) is 23.4 Å². The predicted octanol–water partition coefficient (Wildman–Crippen LogP) is 4.18. The van der Waals surface area contributed by atoms with E-state index in [1.807, 2.05) is 39.0 Å². The summed E-state index contributed by atoms with van der Waals surface area (Å²) in [5, 5.41) is 9.01. The van der Waals surface area contributed by atoms with Gasteiger partial charge in [0.1, 0.15) is 11.6 Å². The molecule has 0 amide bonds. The lowest BCUT2D eigenvalue weighted by atomic mass is 10.1. The molecule has 0 aliphatic rings. The van der Waals surface area contributed by atoms with Gasteiger partial charge in [-0.15, -0.1) is 9.24 Å². The molecule has 28 heavy (non-hydrogen) atoms. The molecular formula is C21H20FN2O3P. The third kappa shape index (κ3) is 3.87. The van der Waals surface area contributed by atoms with Crippen molar-refractivity contribution in [2.45, 2.75) is 26.4 Å². The van der Waals surface area contributed by atoms with Crippen molar-refractivity contribution < 1.29 is 14.3 Å². The van der Waals surface area contributed by atoms with Crippen LogP contribution in [-0.2, 0) is 4.79 Å². The maximum Gasteiger partial charge on any atom is 0.328 e. The van der Waals surface area contributed by atoms with Crippen LogP contribution < -0.4 is 5.56 Å². The molecule has 1 heterocycles. The molecule has 2 aromatic carbocycles. The first kappa shape index (κ1) is 19.9. The van der Waals surface area contributed by atoms with E-state index in [-0.39, 0.29) is 27.7 Å². The number of carboxylic acids is 1. The number of nitrogens with zero attached hydrogens (tertiary/aromatic N) is 2. The standard InChI is InChI=1S/C21H20FN2O3P/c1-11-6-12(2)8-15(7-11)24-20(13(3)28)23-18-10-17(22)14(4-5-19(25)26)9-16(18)21(24)27/h4-10,13H,28H2,1-3H3,(H,25,26)/b5-4+. The number of hydrogen-bond acceptors (Lipinski definition) is 3. The third-order valence-electron chi connectivity index (χ3n) is 4.29. The number of aromatic nitrogens is 2. The summed E-state index contributed by atoms with van der Waals surface area (Å²) >= 11 is 0. The molecule has 0 aliphatic carbocycles. The summed E-state index contributed by atoms with van der Waals surface area (Å²) in [4.78, 5) is 28.6. The first-order valence-corrected chi connectivity index (χ1v) is 9.35. The van der Waals surface area contributed by atoms with Crippen molar-refractivity contribution >= 4 is 32.2 Å². The van der Waals surface area contributed by atoms with Gasteiger partial charge in [-0.25, -0.2) is 14.2 Å². The number of aryl methyl sites for hydroxylation is 2. The monoisotopic (exact) mass is 398 g/mol. The SMILES string of the molecule is Cc1cc(C)cc(-n2c(C(C)P)nc3cc(F)c(/C=C/C(=O)O)cc3c2=O)c1. The molecule has 1 N–H and O–H groups in total. The second-order valence-electron chi connectivity index (χ2n) is 6.81. The van der Waals surface area contributed by atoms with E-state index in [1.165, 1.54) is 16.7 Å². The van der Waals surface area contributed by atoms with Crippen molar-refractivity contribution in [1.82, 2.24) is 9.55 Å². The van der Waals surface area contributed by atoms with E-state index >= 15 is 0 Å². The zero-order chi connectivity index (χ0) is 20.6. The highest BCUT2D eigenvalue weighted by atomic mass is 31.0. The maximum absolute atomic E-state index is 14.4. The lowest BCUT2D eigenvalue weighted by Gasteiger charge is -2.17. The van der Waals surface area contributed by atoms with Crippen LogP contribution in [0.3, 0.4) is 0 Å². The summed E-state index contributed by atoms with van der Waals surface area (Å²) in [5.41, 5.74) is 2.49. The highest BCUT2D eigenvalue weighted by Crippen LogP contribution is 2.26. The summed E-state index contributed by atoms with van der Waals surface area (Å²) in [7, 11) is 2.61. The minimum atomic E-state index is -1.20. The van der Waals surface area contributed by atoms with E-state index in [2.05, 4.69) is 14.2 Å². The van der Waals surface area contributed by atoms with Gasteiger partial charge in [0.05, 0.1) is 16.6 Å². The second kappa shape index (κ2) is 7.64. The number of halogens is 1. The number of carbonyl (C=O) groups is 1. The van der Waals surface area contributed by atoms with Crippen LogP contribution in [0.25, 0.3) is 22.7 Å². The average molecular weight is 398 g/mol. The van der Waals surface area contributed by atoms with Crippen molar-refractivity contribution in [2.75, 3.05) is 0 Å². The topological polar surface area (TPSA) is 72.2 Å². The molecular weight excluding hydrogens is 378 g/mol. The number of aliphatic carboxylic acids is 1. The zero-order valence-corrected chi connectivity index (χ0v) is 16.9. The predicted molar refractivity (Wildman–Crippen MR) is 112 cm³/mol. The molecule has 144 valence electrons. The highest BCUT2D eigenvalue weighted by Gasteiger charge is 2.17. The minimum absolute atomic E-state index is 0.0208. The molecule has 0 aliphatic heterocycles. The summed E-state index contributed by atoms with van der Waals surface area (Å²) in [6.07, 6.45) is 1.96. The van der Waals surface area contributed by atoms with Gasteiger partial charge < -0.3 is 5.11 Å². The van der Waals surface area contributed by atoms with E-state index in [9.17, 15) is 14.0 Å². The lowest BCUT2D eigenvalue weighted by molar-refractivity contribution is -0.131. The largest absolute Gasteiger partial charge is 0.478 e. The molecule has 5 nitrogen and oxygen atoms in total. The van der Waals surface area contributed by atoms with Crippen LogP contribution in [0.1, 0.15) is 35.1 Å². The van der Waals surface area contributed by atoms with Crippen LogP contribution in [0.15, 0.2) is 41.2 Å². The Labute approximate surface area is 163 Å². The van der Waals surface area contributed by atoms with Crippen molar-refractivity contribution in [3.8, 4) is 5.69 Å². The first-order chi connectivity index (χ1) is 13.2. The van der Waals surface area contributed by atoms with E-state index < -0.39 is 11.8 Å². The fourth-order valence-corrected chi connectivity index (χ4v) is 3.39. The normalized spacial score (nSPS) is 12.6. The Kier molecular flexibility index (Phi) is 5.43. The number of rotatable bonds is 4. The van der Waals surface area contributed by atoms with E-state index in [0.29, 0.717) is 11.5 Å². The Morgan fingerprint density at radius 2 is 1.86 bits per heavy atom. The van der Waals surface area contributed by atoms with Gasteiger partial charge in [-0.3, -0.25) is 9.36 Å². The van der Waals surface area contributed by atoms with E-state index in [1.54, 1.807) is 0 Å². The van der Waals surface area contributed by atoms with Gasteiger partial charge in [-0.1, -0.05) is 13.0 Å². The molecule has 2 unspecified atom stereocenters. The zero-order valence-electron chi connectivity index (χ0n) is 15.7. The highest BCUT2D eigenvalue weighted by molar-refractivity contribution is 7.17. The number of carboxylic acid groups (broad SMARTS) is 1. The molecule has 2 atom stereocenters. The molecule has 0 saturated carbocycles. The second-order valence-corrected chi connectivity index (χ2v) is 7.81. The molecule has 0 bridgehead atoms. The van der Waals surface area contributed by atoms with Crippen LogP contribution in [-0.4, -0.2) is 20.6 Å². The molecule has 0 saturated heterocycles. The fraction of sp³-hybridized carbons (Fsp3) is 0.190. The minimum Gasteiger partial charge on any atom is -0.478 e. The molecule has 0 spiro atoms. The average Bonchev–Trinajstić information content (AvgIpc) is 2.58. The molecule has 1 aromatic heterocycles. The van der Waals surface area contributed by atoms with Crippen molar-refractivity contribution in [2.24, 2.45) is 0 Å². The molecule has 7 heteroatoms. The van der Waals surface area contributed by atoms with Crippen LogP contribution in [0.2, 0.25) is 0 Å². The third-order valence-corrected chi connectivity index (χ3v) is 4.59. The van der Waals surface area contributed by atoms with E-state index in [0.717, 1.165) is 23.3 Å². The molecule has 0 fully saturated rings. The van der Waals surface area contributed by atoms with Crippen LogP contribution in [0, 0.1) is 19.7 Å². The Hall–Kier alpha value is -2.85. The van der Waals surface area contributed by atoms with Gasteiger partial charge in [0.25, 0.3) is 5.56 Å². The van der Waals surface area contributed by atoms with Gasteiger partial charge in [-0.2, -0.15) is 0 Å². The number of benzene rings is 2. The summed E-state index contributed by atoms with van der Waals surface area (Å²) in [5.74, 6) is -1.33. The lowest BCUT2D eigenvalue weighted by Crippen LogP contribution is -2.24. The van der Waals surface area contributed by atoms with Gasteiger partial charge in [0.15, 0.2) is 0 Å². The Morgan fingerprint density at radius 1 is 1.21 bits per heavy atom. The quantitative estimate of drug-likeness (QED) is 0.529. The summed E-state index contributed by atoms with van der Waals surface area (Å²) < 4.78 is 15.9. The first-order valence-electron chi connectivity index (χ1n) is 8.69. The number of fused-ring (bicyclic) bond motifs is 1. The molecule has 3 rings (SSSR count). The molecule has 3 aromatic rings. The van der Waals surface area contributed by atoms with Crippen molar-refractivity contribution in [1.29, 1.82) is 0 Å². The van der Waals surface area contributed by atoms with Gasteiger partial charge in [-0.05, 0) is 49.2 Å². The summed E-state index contributed by atoms with van der Waals surface area (Å²) in [6.45, 7) is 5.78.